The number of Topliss-reactive ketones (excluding diaryl/α,β-unsaturated/α-hetero) is 1. The van der Waals surface area contributed by atoms with E-state index >= 15 is 0 Å². The van der Waals surface area contributed by atoms with Crippen molar-refractivity contribution in [3.05, 3.63) is 70.2 Å². The maximum Gasteiger partial charge on any atom is 0.163 e. The summed E-state index contributed by atoms with van der Waals surface area (Å²) in [7, 11) is 0. The third kappa shape index (κ3) is 3.21. The number of hydrogen-bond donors (Lipinski definition) is 0. The molecule has 0 saturated carbocycles. The second-order valence-electron chi connectivity index (χ2n) is 4.37. The highest BCUT2D eigenvalue weighted by molar-refractivity contribution is 6.30. The zero-order valence-corrected chi connectivity index (χ0v) is 11.1. The number of benzene rings is 2. The zero-order chi connectivity index (χ0) is 13.0. The van der Waals surface area contributed by atoms with Crippen LogP contribution in [0.4, 0.5) is 0 Å². The molecule has 18 heavy (non-hydrogen) atoms. The van der Waals surface area contributed by atoms with Crippen LogP contribution in [0.5, 0.6) is 0 Å². The lowest BCUT2D eigenvalue weighted by Gasteiger charge is -2.05. The molecule has 92 valence electrons. The van der Waals surface area contributed by atoms with Crippen LogP contribution in [0.25, 0.3) is 0 Å². The first-order chi connectivity index (χ1) is 8.66. The van der Waals surface area contributed by atoms with Gasteiger partial charge in [-0.3, -0.25) is 4.79 Å². The van der Waals surface area contributed by atoms with Crippen molar-refractivity contribution in [1.29, 1.82) is 0 Å². The normalized spacial score (nSPS) is 10.3. The molecule has 2 heteroatoms. The van der Waals surface area contributed by atoms with Crippen LogP contribution >= 0.6 is 11.6 Å². The fourth-order valence-corrected chi connectivity index (χ4v) is 2.20. The van der Waals surface area contributed by atoms with Crippen LogP contribution in [0, 0.1) is 6.92 Å². The second-order valence-corrected chi connectivity index (χ2v) is 4.80. The first-order valence-corrected chi connectivity index (χ1v) is 6.38. The molecule has 2 aromatic carbocycles. The van der Waals surface area contributed by atoms with Crippen LogP contribution in [-0.2, 0) is 6.42 Å². The van der Waals surface area contributed by atoms with Crippen molar-refractivity contribution in [3.63, 3.8) is 0 Å². The monoisotopic (exact) mass is 258 g/mol. The predicted octanol–water partition coefficient (Wildman–Crippen LogP) is 4.46. The third-order valence-electron chi connectivity index (χ3n) is 2.97. The van der Waals surface area contributed by atoms with Gasteiger partial charge in [0.15, 0.2) is 5.78 Å². The van der Waals surface area contributed by atoms with Gasteiger partial charge in [0.1, 0.15) is 0 Å². The molecular formula is C16H15ClO. The lowest BCUT2D eigenvalue weighted by atomic mass is 9.99. The van der Waals surface area contributed by atoms with Crippen molar-refractivity contribution in [2.45, 2.75) is 19.8 Å². The fourth-order valence-electron chi connectivity index (χ4n) is 1.98. The summed E-state index contributed by atoms with van der Waals surface area (Å²) in [5.74, 6) is 0.174. The summed E-state index contributed by atoms with van der Waals surface area (Å²) in [5, 5.41) is 0.673. The average molecular weight is 259 g/mol. The Morgan fingerprint density at radius 3 is 2.50 bits per heavy atom. The molecule has 0 aromatic heterocycles. The Balaban J connectivity index is 2.04. The largest absolute Gasteiger partial charge is 0.294 e. The Kier molecular flexibility index (Phi) is 4.16. The topological polar surface area (TPSA) is 17.1 Å². The smallest absolute Gasteiger partial charge is 0.163 e. The minimum absolute atomic E-state index is 0.174. The summed E-state index contributed by atoms with van der Waals surface area (Å²) < 4.78 is 0. The SMILES string of the molecule is Cc1cc(Cl)ccc1C(=O)CCc1ccccc1. The Morgan fingerprint density at radius 1 is 1.11 bits per heavy atom. The first-order valence-electron chi connectivity index (χ1n) is 6.00. The highest BCUT2D eigenvalue weighted by Crippen LogP contribution is 2.17. The van der Waals surface area contributed by atoms with Gasteiger partial charge in [0.2, 0.25) is 0 Å². The van der Waals surface area contributed by atoms with Crippen molar-refractivity contribution in [3.8, 4) is 0 Å². The van der Waals surface area contributed by atoms with Crippen LogP contribution in [0.3, 0.4) is 0 Å². The van der Waals surface area contributed by atoms with Crippen molar-refractivity contribution < 1.29 is 4.79 Å². The maximum atomic E-state index is 12.1. The minimum atomic E-state index is 0.174. The van der Waals surface area contributed by atoms with Crippen molar-refractivity contribution in [2.75, 3.05) is 0 Å². The number of halogens is 1. The molecule has 0 bridgehead atoms. The molecule has 0 saturated heterocycles. The highest BCUT2D eigenvalue weighted by atomic mass is 35.5. The van der Waals surface area contributed by atoms with Gasteiger partial charge in [0.05, 0.1) is 0 Å². The summed E-state index contributed by atoms with van der Waals surface area (Å²) in [5.41, 5.74) is 2.91. The molecule has 0 spiro atoms. The van der Waals surface area contributed by atoms with E-state index in [1.54, 1.807) is 6.07 Å². The molecule has 2 rings (SSSR count). The van der Waals surface area contributed by atoms with Gasteiger partial charge < -0.3 is 0 Å². The van der Waals surface area contributed by atoms with Crippen LogP contribution < -0.4 is 0 Å². The number of aryl methyl sites for hydroxylation is 2. The Bertz CT molecular complexity index is 546. The van der Waals surface area contributed by atoms with Gasteiger partial charge in [-0.05, 0) is 42.7 Å². The van der Waals surface area contributed by atoms with E-state index in [9.17, 15) is 4.79 Å². The zero-order valence-electron chi connectivity index (χ0n) is 10.3. The lowest BCUT2D eigenvalue weighted by Crippen LogP contribution is -2.03. The van der Waals surface area contributed by atoms with Crippen LogP contribution in [0.2, 0.25) is 5.02 Å². The lowest BCUT2D eigenvalue weighted by molar-refractivity contribution is 0.0982. The molecule has 0 aliphatic heterocycles. The van der Waals surface area contributed by atoms with E-state index in [-0.39, 0.29) is 5.78 Å². The van der Waals surface area contributed by atoms with Gasteiger partial charge in [-0.1, -0.05) is 41.9 Å². The highest BCUT2D eigenvalue weighted by Gasteiger charge is 2.09. The molecular weight excluding hydrogens is 244 g/mol. The number of ketones is 1. The maximum absolute atomic E-state index is 12.1. The van der Waals surface area contributed by atoms with E-state index < -0.39 is 0 Å². The van der Waals surface area contributed by atoms with Crippen LogP contribution in [-0.4, -0.2) is 5.78 Å². The Labute approximate surface area is 112 Å². The van der Waals surface area contributed by atoms with E-state index in [1.807, 2.05) is 49.4 Å². The fraction of sp³-hybridized carbons (Fsp3) is 0.188. The van der Waals surface area contributed by atoms with Crippen molar-refractivity contribution in [1.82, 2.24) is 0 Å². The van der Waals surface area contributed by atoms with E-state index in [2.05, 4.69) is 0 Å². The van der Waals surface area contributed by atoms with E-state index in [0.717, 1.165) is 17.5 Å². The summed E-state index contributed by atoms with van der Waals surface area (Å²) in [6, 6.07) is 15.5. The molecule has 0 unspecified atom stereocenters. The molecule has 1 nitrogen and oxygen atoms in total. The Morgan fingerprint density at radius 2 is 1.83 bits per heavy atom. The molecule has 0 fully saturated rings. The number of rotatable bonds is 4. The Hall–Kier alpha value is -1.60. The van der Waals surface area contributed by atoms with Gasteiger partial charge in [-0.25, -0.2) is 0 Å². The minimum Gasteiger partial charge on any atom is -0.294 e. The van der Waals surface area contributed by atoms with E-state index in [0.29, 0.717) is 11.4 Å². The van der Waals surface area contributed by atoms with E-state index in [1.165, 1.54) is 5.56 Å². The van der Waals surface area contributed by atoms with Crippen LogP contribution in [0.15, 0.2) is 48.5 Å². The van der Waals surface area contributed by atoms with Gasteiger partial charge in [0, 0.05) is 17.0 Å². The summed E-state index contributed by atoms with van der Waals surface area (Å²) in [6.07, 6.45) is 1.31. The summed E-state index contributed by atoms with van der Waals surface area (Å²) in [6.45, 7) is 1.92. The summed E-state index contributed by atoms with van der Waals surface area (Å²) in [4.78, 5) is 12.1. The van der Waals surface area contributed by atoms with Gasteiger partial charge in [0.25, 0.3) is 0 Å². The van der Waals surface area contributed by atoms with Crippen molar-refractivity contribution in [2.24, 2.45) is 0 Å². The molecule has 0 aliphatic rings. The molecule has 0 atom stereocenters. The molecule has 2 aromatic rings. The second kappa shape index (κ2) is 5.83. The van der Waals surface area contributed by atoms with Gasteiger partial charge >= 0.3 is 0 Å². The predicted molar refractivity (Wildman–Crippen MR) is 75.3 cm³/mol. The number of hydrogen-bond acceptors (Lipinski definition) is 1. The quantitative estimate of drug-likeness (QED) is 0.740. The molecule has 0 radical (unpaired) electrons. The number of carbonyl (C=O) groups is 1. The van der Waals surface area contributed by atoms with Crippen molar-refractivity contribution >= 4 is 17.4 Å². The molecule has 0 aliphatic carbocycles. The molecule has 0 amide bonds. The standard InChI is InChI=1S/C16H15ClO/c1-12-11-14(17)8-9-15(12)16(18)10-7-13-5-3-2-4-6-13/h2-6,8-9,11H,7,10H2,1H3. The van der Waals surface area contributed by atoms with Gasteiger partial charge in [-0.15, -0.1) is 0 Å². The number of carbonyl (C=O) groups excluding carboxylic acids is 1. The van der Waals surface area contributed by atoms with Gasteiger partial charge in [-0.2, -0.15) is 0 Å². The third-order valence-corrected chi connectivity index (χ3v) is 3.21. The van der Waals surface area contributed by atoms with E-state index in [4.69, 9.17) is 11.6 Å². The average Bonchev–Trinajstić information content (AvgIpc) is 2.37. The molecule has 0 heterocycles. The first kappa shape index (κ1) is 12.8. The van der Waals surface area contributed by atoms with Crippen LogP contribution in [0.1, 0.15) is 27.9 Å². The summed E-state index contributed by atoms with van der Waals surface area (Å²) >= 11 is 5.88. The molecule has 0 N–H and O–H groups in total.